The van der Waals surface area contributed by atoms with Crippen LogP contribution in [0.5, 0.6) is 0 Å². The quantitative estimate of drug-likeness (QED) is 0.508. The Hall–Kier alpha value is 0.0500. The number of carboxylic acid groups (broad SMARTS) is 1. The van der Waals surface area contributed by atoms with Crippen LogP contribution in [-0.4, -0.2) is 16.4 Å². The SMILES string of the molecule is CCCCCCCCCC(=O)O.ClCCl. The van der Waals surface area contributed by atoms with E-state index in [0.29, 0.717) is 6.42 Å². The highest BCUT2D eigenvalue weighted by Crippen LogP contribution is 2.07. The van der Waals surface area contributed by atoms with Crippen LogP contribution in [0, 0.1) is 0 Å². The van der Waals surface area contributed by atoms with E-state index >= 15 is 0 Å². The molecule has 0 aliphatic rings. The molecule has 0 aromatic rings. The molecule has 0 bridgehead atoms. The number of alkyl halides is 2. The van der Waals surface area contributed by atoms with E-state index in [4.69, 9.17) is 28.3 Å². The zero-order valence-electron chi connectivity index (χ0n) is 9.48. The lowest BCUT2D eigenvalue weighted by Gasteiger charge is -1.98. The van der Waals surface area contributed by atoms with Crippen LogP contribution in [0.1, 0.15) is 58.3 Å². The van der Waals surface area contributed by atoms with Crippen molar-refractivity contribution < 1.29 is 9.90 Å². The maximum Gasteiger partial charge on any atom is 0.303 e. The summed E-state index contributed by atoms with van der Waals surface area (Å²) in [7, 11) is 0. The summed E-state index contributed by atoms with van der Waals surface area (Å²) < 4.78 is 0. The second kappa shape index (κ2) is 16.5. The van der Waals surface area contributed by atoms with E-state index in [-0.39, 0.29) is 5.34 Å². The van der Waals surface area contributed by atoms with E-state index in [1.165, 1.54) is 32.1 Å². The lowest BCUT2D eigenvalue weighted by molar-refractivity contribution is -0.137. The summed E-state index contributed by atoms with van der Waals surface area (Å²) in [5, 5.41) is 8.55. The number of hydrogen-bond donors (Lipinski definition) is 1. The first kappa shape index (κ1) is 17.4. The highest BCUT2D eigenvalue weighted by Gasteiger charge is 1.95. The molecule has 0 heterocycles. The van der Waals surface area contributed by atoms with Crippen molar-refractivity contribution in [3.05, 3.63) is 0 Å². The highest BCUT2D eigenvalue weighted by molar-refractivity contribution is 6.40. The fraction of sp³-hybridized carbons (Fsp3) is 0.909. The van der Waals surface area contributed by atoms with Gasteiger partial charge in [-0.05, 0) is 6.42 Å². The molecule has 0 saturated heterocycles. The molecule has 0 fully saturated rings. The summed E-state index contributed by atoms with van der Waals surface area (Å²) in [6, 6.07) is 0. The third-order valence-electron chi connectivity index (χ3n) is 1.99. The van der Waals surface area contributed by atoms with Gasteiger partial charge in [0, 0.05) is 6.42 Å². The predicted molar refractivity (Wildman–Crippen MR) is 66.8 cm³/mol. The molecule has 0 aliphatic heterocycles. The average Bonchev–Trinajstić information content (AvgIpc) is 2.17. The monoisotopic (exact) mass is 256 g/mol. The first-order valence-corrected chi connectivity index (χ1v) is 6.59. The summed E-state index contributed by atoms with van der Waals surface area (Å²) >= 11 is 9.53. The topological polar surface area (TPSA) is 37.3 Å². The van der Waals surface area contributed by atoms with E-state index in [1.807, 2.05) is 0 Å². The fourth-order valence-corrected chi connectivity index (χ4v) is 1.23. The van der Waals surface area contributed by atoms with Crippen molar-refractivity contribution in [3.8, 4) is 0 Å². The number of carbonyl (C=O) groups is 1. The van der Waals surface area contributed by atoms with Crippen LogP contribution >= 0.6 is 23.2 Å². The Balaban J connectivity index is 0. The number of hydrogen-bond acceptors (Lipinski definition) is 1. The second-order valence-corrected chi connectivity index (χ2v) is 4.17. The number of aliphatic carboxylic acids is 1. The number of rotatable bonds is 8. The number of halogens is 2. The maximum absolute atomic E-state index is 10.1. The van der Waals surface area contributed by atoms with Crippen molar-refractivity contribution in [2.45, 2.75) is 58.3 Å². The van der Waals surface area contributed by atoms with Crippen molar-refractivity contribution >= 4 is 29.2 Å². The Kier molecular flexibility index (Phi) is 19.2. The molecule has 4 heteroatoms. The van der Waals surface area contributed by atoms with Crippen LogP contribution in [0.25, 0.3) is 0 Å². The van der Waals surface area contributed by atoms with Crippen molar-refractivity contribution in [1.82, 2.24) is 0 Å². The van der Waals surface area contributed by atoms with E-state index in [1.54, 1.807) is 0 Å². The lowest BCUT2D eigenvalue weighted by Crippen LogP contribution is -1.93. The molecule has 0 amide bonds. The van der Waals surface area contributed by atoms with Gasteiger partial charge in [-0.15, -0.1) is 23.2 Å². The normalized spacial score (nSPS) is 9.27. The minimum atomic E-state index is -0.663. The van der Waals surface area contributed by atoms with Gasteiger partial charge < -0.3 is 5.11 Å². The van der Waals surface area contributed by atoms with Gasteiger partial charge >= 0.3 is 5.97 Å². The molecule has 15 heavy (non-hydrogen) atoms. The summed E-state index contributed by atoms with van der Waals surface area (Å²) in [5.41, 5.74) is 0. The molecular weight excluding hydrogens is 235 g/mol. The molecule has 0 spiro atoms. The Labute approximate surface area is 103 Å². The Morgan fingerprint density at radius 1 is 1.00 bits per heavy atom. The molecule has 92 valence electrons. The fourth-order valence-electron chi connectivity index (χ4n) is 1.23. The molecule has 0 saturated carbocycles. The second-order valence-electron chi connectivity index (χ2n) is 3.37. The van der Waals surface area contributed by atoms with Gasteiger partial charge in [-0.3, -0.25) is 4.79 Å². The molecule has 0 rings (SSSR count). The molecule has 0 aromatic heterocycles. The average molecular weight is 257 g/mol. The van der Waals surface area contributed by atoms with Crippen LogP contribution in [0.4, 0.5) is 0 Å². The van der Waals surface area contributed by atoms with Gasteiger partial charge in [0.1, 0.15) is 0 Å². The molecular formula is C11H22Cl2O2. The van der Waals surface area contributed by atoms with Gasteiger partial charge in [0.05, 0.1) is 5.34 Å². The zero-order chi connectivity index (χ0) is 11.9. The molecule has 0 atom stereocenters. The summed E-state index contributed by atoms with van der Waals surface area (Å²) in [6.45, 7) is 2.20. The van der Waals surface area contributed by atoms with Crippen molar-refractivity contribution in [3.63, 3.8) is 0 Å². The van der Waals surface area contributed by atoms with E-state index in [9.17, 15) is 4.79 Å². The Morgan fingerprint density at radius 3 is 1.80 bits per heavy atom. The van der Waals surface area contributed by atoms with Crippen LogP contribution in [-0.2, 0) is 4.79 Å². The molecule has 0 aromatic carbocycles. The summed E-state index contributed by atoms with van der Waals surface area (Å²) in [6.07, 6.45) is 8.64. The summed E-state index contributed by atoms with van der Waals surface area (Å²) in [5.74, 6) is -0.663. The first-order valence-electron chi connectivity index (χ1n) is 5.52. The van der Waals surface area contributed by atoms with Crippen LogP contribution in [0.3, 0.4) is 0 Å². The Morgan fingerprint density at radius 2 is 1.40 bits per heavy atom. The third kappa shape index (κ3) is 24.9. The van der Waals surface area contributed by atoms with Crippen LogP contribution < -0.4 is 0 Å². The lowest BCUT2D eigenvalue weighted by atomic mass is 10.1. The number of unbranched alkanes of at least 4 members (excludes halogenated alkanes) is 6. The van der Waals surface area contributed by atoms with Crippen LogP contribution in [0.2, 0.25) is 0 Å². The highest BCUT2D eigenvalue weighted by atomic mass is 35.5. The number of carboxylic acids is 1. The van der Waals surface area contributed by atoms with Crippen LogP contribution in [0.15, 0.2) is 0 Å². The van der Waals surface area contributed by atoms with E-state index < -0.39 is 5.97 Å². The van der Waals surface area contributed by atoms with Gasteiger partial charge in [-0.1, -0.05) is 45.4 Å². The van der Waals surface area contributed by atoms with Gasteiger partial charge in [0.2, 0.25) is 0 Å². The Bertz CT molecular complexity index is 130. The standard InChI is InChI=1S/C10H20O2.CH2Cl2/c1-2-3-4-5-6-7-8-9-10(11)12;2-1-3/h2-9H2,1H3,(H,11,12);1H2. The molecule has 2 nitrogen and oxygen atoms in total. The molecule has 0 aliphatic carbocycles. The summed E-state index contributed by atoms with van der Waals surface area (Å²) in [4.78, 5) is 10.1. The minimum absolute atomic E-state index is 0.194. The molecule has 0 unspecified atom stereocenters. The molecule has 1 N–H and O–H groups in total. The van der Waals surface area contributed by atoms with Crippen molar-refractivity contribution in [2.75, 3.05) is 5.34 Å². The van der Waals surface area contributed by atoms with Gasteiger partial charge in [0.25, 0.3) is 0 Å². The molecule has 0 radical (unpaired) electrons. The maximum atomic E-state index is 10.1. The van der Waals surface area contributed by atoms with Crippen molar-refractivity contribution in [1.29, 1.82) is 0 Å². The van der Waals surface area contributed by atoms with E-state index in [2.05, 4.69) is 6.92 Å². The smallest absolute Gasteiger partial charge is 0.303 e. The zero-order valence-corrected chi connectivity index (χ0v) is 11.0. The van der Waals surface area contributed by atoms with E-state index in [0.717, 1.165) is 12.8 Å². The third-order valence-corrected chi connectivity index (χ3v) is 1.99. The predicted octanol–water partition coefficient (Wildman–Crippen LogP) is 4.63. The van der Waals surface area contributed by atoms with Gasteiger partial charge in [-0.2, -0.15) is 0 Å². The van der Waals surface area contributed by atoms with Gasteiger partial charge in [-0.25, -0.2) is 0 Å². The largest absolute Gasteiger partial charge is 0.481 e. The van der Waals surface area contributed by atoms with Crippen molar-refractivity contribution in [2.24, 2.45) is 0 Å². The first-order chi connectivity index (χ1) is 7.18. The minimum Gasteiger partial charge on any atom is -0.481 e. The van der Waals surface area contributed by atoms with Gasteiger partial charge in [0.15, 0.2) is 0 Å².